The van der Waals surface area contributed by atoms with Gasteiger partial charge in [0, 0.05) is 6.54 Å². The molecule has 0 atom stereocenters. The van der Waals surface area contributed by atoms with Crippen molar-refractivity contribution in [3.63, 3.8) is 0 Å². The first-order valence-corrected chi connectivity index (χ1v) is 5.21. The predicted molar refractivity (Wildman–Crippen MR) is 56.1 cm³/mol. The number of rotatable bonds is 3. The van der Waals surface area contributed by atoms with Crippen LogP contribution < -0.4 is 5.56 Å². The second kappa shape index (κ2) is 3.82. The van der Waals surface area contributed by atoms with Crippen molar-refractivity contribution in [2.45, 2.75) is 13.0 Å². The molecule has 1 N–H and O–H groups in total. The Bertz CT molecular complexity index is 558. The first-order chi connectivity index (χ1) is 7.18. The fraction of sp³-hybridized carbons (Fsp3) is 0.222. The molecule has 2 aromatic heterocycles. The Morgan fingerprint density at radius 1 is 1.60 bits per heavy atom. The molecule has 0 fully saturated rings. The zero-order chi connectivity index (χ0) is 10.8. The van der Waals surface area contributed by atoms with Gasteiger partial charge in [0.15, 0.2) is 0 Å². The van der Waals surface area contributed by atoms with Gasteiger partial charge in [0.1, 0.15) is 4.83 Å². The van der Waals surface area contributed by atoms with Crippen molar-refractivity contribution in [2.24, 2.45) is 0 Å². The van der Waals surface area contributed by atoms with Gasteiger partial charge < -0.3 is 5.11 Å². The molecule has 0 radical (unpaired) electrons. The number of carboxylic acids is 1. The van der Waals surface area contributed by atoms with Gasteiger partial charge in [0.2, 0.25) is 0 Å². The second-order valence-electron chi connectivity index (χ2n) is 3.03. The maximum absolute atomic E-state index is 11.7. The Balaban J connectivity index is 2.40. The molecule has 2 aromatic rings. The van der Waals surface area contributed by atoms with Crippen LogP contribution in [0.4, 0.5) is 0 Å². The molecule has 0 aliphatic heterocycles. The van der Waals surface area contributed by atoms with Crippen molar-refractivity contribution in [2.75, 3.05) is 0 Å². The summed E-state index contributed by atoms with van der Waals surface area (Å²) in [5.74, 6) is -0.924. The normalized spacial score (nSPS) is 10.7. The van der Waals surface area contributed by atoms with Crippen LogP contribution in [0, 0.1) is 0 Å². The van der Waals surface area contributed by atoms with Gasteiger partial charge in [-0.15, -0.1) is 11.3 Å². The minimum absolute atomic E-state index is 0.0722. The summed E-state index contributed by atoms with van der Waals surface area (Å²) in [4.78, 5) is 26.9. The van der Waals surface area contributed by atoms with Gasteiger partial charge in [0.05, 0.1) is 18.1 Å². The number of hydrogen-bond donors (Lipinski definition) is 1. The van der Waals surface area contributed by atoms with Crippen LogP contribution in [0.1, 0.15) is 6.42 Å². The van der Waals surface area contributed by atoms with Gasteiger partial charge in [-0.25, -0.2) is 4.98 Å². The standard InChI is InChI=1S/C9H8N2O3S/c12-7(13)1-3-11-5-10-8-6(9(11)14)2-4-15-8/h2,4-5H,1,3H2,(H,12,13). The monoisotopic (exact) mass is 224 g/mol. The highest BCUT2D eigenvalue weighted by Gasteiger charge is 2.05. The number of carboxylic acid groups (broad SMARTS) is 1. The van der Waals surface area contributed by atoms with E-state index in [1.54, 1.807) is 11.4 Å². The van der Waals surface area contributed by atoms with Gasteiger partial charge in [-0.1, -0.05) is 0 Å². The minimum Gasteiger partial charge on any atom is -0.481 e. The van der Waals surface area contributed by atoms with E-state index < -0.39 is 5.97 Å². The fourth-order valence-corrected chi connectivity index (χ4v) is 1.99. The first-order valence-electron chi connectivity index (χ1n) is 4.33. The molecule has 5 nitrogen and oxygen atoms in total. The van der Waals surface area contributed by atoms with Gasteiger partial charge in [-0.2, -0.15) is 0 Å². The Kier molecular flexibility index (Phi) is 2.51. The van der Waals surface area contributed by atoms with Gasteiger partial charge >= 0.3 is 5.97 Å². The number of fused-ring (bicyclic) bond motifs is 1. The second-order valence-corrected chi connectivity index (χ2v) is 3.92. The number of nitrogens with zero attached hydrogens (tertiary/aromatic N) is 2. The molecule has 15 heavy (non-hydrogen) atoms. The summed E-state index contributed by atoms with van der Waals surface area (Å²) in [5, 5.41) is 10.8. The molecule has 0 aromatic carbocycles. The van der Waals surface area contributed by atoms with E-state index in [2.05, 4.69) is 4.98 Å². The smallest absolute Gasteiger partial charge is 0.305 e. The molecular formula is C9H8N2O3S. The Hall–Kier alpha value is -1.69. The summed E-state index contributed by atoms with van der Waals surface area (Å²) >= 11 is 1.39. The highest BCUT2D eigenvalue weighted by Crippen LogP contribution is 2.13. The SMILES string of the molecule is O=C(O)CCn1cnc2sccc2c1=O. The van der Waals surface area contributed by atoms with E-state index in [0.29, 0.717) is 10.2 Å². The number of hydrogen-bond acceptors (Lipinski definition) is 4. The third-order valence-electron chi connectivity index (χ3n) is 2.02. The minimum atomic E-state index is -0.924. The van der Waals surface area contributed by atoms with Crippen LogP contribution in [0.2, 0.25) is 0 Å². The Morgan fingerprint density at radius 3 is 3.13 bits per heavy atom. The molecule has 0 unspecified atom stereocenters. The van der Waals surface area contributed by atoms with Crippen LogP contribution in [-0.4, -0.2) is 20.6 Å². The van der Waals surface area contributed by atoms with Crippen molar-refractivity contribution in [1.29, 1.82) is 0 Å². The molecule has 0 saturated carbocycles. The summed E-state index contributed by atoms with van der Waals surface area (Å²) in [7, 11) is 0. The number of carbonyl (C=O) groups is 1. The molecule has 78 valence electrons. The van der Waals surface area contributed by atoms with E-state index in [1.807, 2.05) is 0 Å². The van der Waals surface area contributed by atoms with Gasteiger partial charge in [-0.3, -0.25) is 14.2 Å². The zero-order valence-corrected chi connectivity index (χ0v) is 8.53. The lowest BCUT2D eigenvalue weighted by molar-refractivity contribution is -0.137. The van der Waals surface area contributed by atoms with Crippen LogP contribution in [0.25, 0.3) is 10.2 Å². The summed E-state index contributed by atoms with van der Waals surface area (Å²) in [6, 6.07) is 1.70. The number of aryl methyl sites for hydroxylation is 1. The van der Waals surface area contributed by atoms with Crippen molar-refractivity contribution in [1.82, 2.24) is 9.55 Å². The molecule has 0 aliphatic rings. The van der Waals surface area contributed by atoms with E-state index in [9.17, 15) is 9.59 Å². The van der Waals surface area contributed by atoms with Gasteiger partial charge in [-0.05, 0) is 11.4 Å². The lowest BCUT2D eigenvalue weighted by atomic mass is 10.4. The lowest BCUT2D eigenvalue weighted by Gasteiger charge is -2.01. The molecule has 2 heterocycles. The maximum atomic E-state index is 11.7. The molecule has 6 heteroatoms. The summed E-state index contributed by atoms with van der Waals surface area (Å²) in [6.45, 7) is 0.160. The molecule has 0 spiro atoms. The van der Waals surface area contributed by atoms with Crippen LogP contribution >= 0.6 is 11.3 Å². The molecule has 0 aliphatic carbocycles. The number of thiophene rings is 1. The molecular weight excluding hydrogens is 216 g/mol. The summed E-state index contributed by atoms with van der Waals surface area (Å²) in [5.41, 5.74) is -0.178. The Labute approximate surface area is 88.6 Å². The van der Waals surface area contributed by atoms with E-state index in [1.165, 1.54) is 22.2 Å². The zero-order valence-electron chi connectivity index (χ0n) is 7.71. The summed E-state index contributed by atoms with van der Waals surface area (Å²) < 4.78 is 1.32. The quantitative estimate of drug-likeness (QED) is 0.841. The highest BCUT2D eigenvalue weighted by atomic mass is 32.1. The summed E-state index contributed by atoms with van der Waals surface area (Å²) in [6.07, 6.45) is 1.32. The topological polar surface area (TPSA) is 72.2 Å². The molecule has 0 saturated heterocycles. The predicted octanol–water partition coefficient (Wildman–Crippen LogP) is 0.933. The lowest BCUT2D eigenvalue weighted by Crippen LogP contribution is -2.21. The number of aromatic nitrogens is 2. The van der Waals surface area contributed by atoms with E-state index in [-0.39, 0.29) is 18.5 Å². The average molecular weight is 224 g/mol. The molecule has 2 rings (SSSR count). The van der Waals surface area contributed by atoms with Crippen LogP contribution in [0.15, 0.2) is 22.6 Å². The van der Waals surface area contributed by atoms with E-state index in [4.69, 9.17) is 5.11 Å². The van der Waals surface area contributed by atoms with Crippen molar-refractivity contribution < 1.29 is 9.90 Å². The van der Waals surface area contributed by atoms with Crippen molar-refractivity contribution in [3.05, 3.63) is 28.1 Å². The molecule has 0 bridgehead atoms. The van der Waals surface area contributed by atoms with Gasteiger partial charge in [0.25, 0.3) is 5.56 Å². The van der Waals surface area contributed by atoms with Crippen molar-refractivity contribution >= 4 is 27.5 Å². The Morgan fingerprint density at radius 2 is 2.40 bits per heavy atom. The first kappa shape index (κ1) is 9.85. The largest absolute Gasteiger partial charge is 0.481 e. The average Bonchev–Trinajstić information content (AvgIpc) is 2.65. The fourth-order valence-electron chi connectivity index (χ4n) is 1.27. The maximum Gasteiger partial charge on any atom is 0.305 e. The van der Waals surface area contributed by atoms with E-state index >= 15 is 0 Å². The van der Waals surface area contributed by atoms with Crippen LogP contribution in [0.3, 0.4) is 0 Å². The van der Waals surface area contributed by atoms with Crippen LogP contribution in [0.5, 0.6) is 0 Å². The third kappa shape index (κ3) is 1.89. The van der Waals surface area contributed by atoms with Crippen LogP contribution in [-0.2, 0) is 11.3 Å². The molecule has 0 amide bonds. The van der Waals surface area contributed by atoms with E-state index in [0.717, 1.165) is 0 Å². The highest BCUT2D eigenvalue weighted by molar-refractivity contribution is 7.16. The van der Waals surface area contributed by atoms with Crippen molar-refractivity contribution in [3.8, 4) is 0 Å². The number of aliphatic carboxylic acids is 1. The third-order valence-corrected chi connectivity index (χ3v) is 2.84.